The molecule has 0 radical (unpaired) electrons. The molecule has 0 bridgehead atoms. The summed E-state index contributed by atoms with van der Waals surface area (Å²) in [6, 6.07) is 0. The molecule has 1 aliphatic rings. The first-order valence-corrected chi connectivity index (χ1v) is 19.7. The van der Waals surface area contributed by atoms with E-state index in [-0.39, 0.29) is 26.1 Å². The quantitative estimate of drug-likeness (QED) is 0.0325. The number of hydrogen-bond acceptors (Lipinski definition) is 10. The van der Waals surface area contributed by atoms with Gasteiger partial charge in [-0.25, -0.2) is 0 Å². The highest BCUT2D eigenvalue weighted by molar-refractivity contribution is 5.70. The molecule has 6 atom stereocenters. The van der Waals surface area contributed by atoms with Gasteiger partial charge in [0.25, 0.3) is 0 Å². The molecule has 294 valence electrons. The summed E-state index contributed by atoms with van der Waals surface area (Å²) in [6.07, 6.45) is 28.4. The Labute approximate surface area is 308 Å². The Morgan fingerprint density at radius 2 is 1.10 bits per heavy atom. The second-order valence-corrected chi connectivity index (χ2v) is 13.4. The Hall–Kier alpha value is -2.34. The molecule has 10 nitrogen and oxygen atoms in total. The van der Waals surface area contributed by atoms with Crippen LogP contribution in [0, 0.1) is 0 Å². The fourth-order valence-corrected chi connectivity index (χ4v) is 5.48. The number of aliphatic hydroxyl groups is 4. The smallest absolute Gasteiger partial charge is 0.306 e. The van der Waals surface area contributed by atoms with Crippen LogP contribution in [0.1, 0.15) is 142 Å². The fourth-order valence-electron chi connectivity index (χ4n) is 5.48. The lowest BCUT2D eigenvalue weighted by Crippen LogP contribution is -2.59. The summed E-state index contributed by atoms with van der Waals surface area (Å²) >= 11 is 0. The lowest BCUT2D eigenvalue weighted by Gasteiger charge is -2.39. The topological polar surface area (TPSA) is 152 Å². The average molecular weight is 723 g/mol. The number of allylic oxidation sites excluding steroid dienone is 8. The molecule has 4 N–H and O–H groups in total. The summed E-state index contributed by atoms with van der Waals surface area (Å²) in [4.78, 5) is 25.2. The molecule has 1 unspecified atom stereocenters. The van der Waals surface area contributed by atoms with E-state index in [1.54, 1.807) is 0 Å². The van der Waals surface area contributed by atoms with Crippen molar-refractivity contribution in [1.82, 2.24) is 0 Å². The summed E-state index contributed by atoms with van der Waals surface area (Å²) in [6.45, 7) is 3.28. The molecule has 0 aromatic rings. The lowest BCUT2D eigenvalue weighted by molar-refractivity contribution is -0.305. The predicted molar refractivity (Wildman–Crippen MR) is 201 cm³/mol. The van der Waals surface area contributed by atoms with Crippen LogP contribution in [0.15, 0.2) is 48.6 Å². The summed E-state index contributed by atoms with van der Waals surface area (Å²) in [7, 11) is 0. The Bertz CT molecular complexity index is 975. The van der Waals surface area contributed by atoms with Gasteiger partial charge in [0.1, 0.15) is 31.0 Å². The number of hydrogen-bond donors (Lipinski definition) is 4. The second-order valence-electron chi connectivity index (χ2n) is 13.4. The number of ether oxygens (including phenoxy) is 4. The Morgan fingerprint density at radius 3 is 1.59 bits per heavy atom. The van der Waals surface area contributed by atoms with Crippen molar-refractivity contribution in [3.63, 3.8) is 0 Å². The van der Waals surface area contributed by atoms with Crippen molar-refractivity contribution >= 4 is 11.9 Å². The number of esters is 2. The summed E-state index contributed by atoms with van der Waals surface area (Å²) in [5, 5.41) is 39.9. The third-order valence-electron chi connectivity index (χ3n) is 8.69. The van der Waals surface area contributed by atoms with Crippen molar-refractivity contribution in [1.29, 1.82) is 0 Å². The van der Waals surface area contributed by atoms with Gasteiger partial charge in [0.15, 0.2) is 12.4 Å². The average Bonchev–Trinajstić information content (AvgIpc) is 3.13. The standard InChI is InChI=1S/C41H70O10/c1-3-5-7-9-11-13-15-17-19-21-23-25-27-29-36(43)48-32-34(33-49-41-40(47)39(46)38(45)35(31-42)51-41)50-37(44)30-28-26-24-22-20-18-16-14-12-10-8-6-4-2/h11-14,17-20,34-35,38-42,45-47H,3-10,15-16,21-33H2,1-2H3/b13-11+,14-12+,19-17+,20-18+/t34?,35-,38+,39+,40-,41-/m1/s1. The molecule has 10 heteroatoms. The molecule has 0 spiro atoms. The maximum Gasteiger partial charge on any atom is 0.306 e. The van der Waals surface area contributed by atoms with Gasteiger partial charge in [-0.2, -0.15) is 0 Å². The van der Waals surface area contributed by atoms with Crippen LogP contribution in [0.5, 0.6) is 0 Å². The first-order valence-electron chi connectivity index (χ1n) is 19.7. The number of unbranched alkanes of at least 4 members (excludes halogenated alkanes) is 12. The van der Waals surface area contributed by atoms with E-state index in [9.17, 15) is 30.0 Å². The number of rotatable bonds is 31. The lowest BCUT2D eigenvalue weighted by atomic mass is 9.99. The largest absolute Gasteiger partial charge is 0.462 e. The van der Waals surface area contributed by atoms with E-state index in [0.717, 1.165) is 64.2 Å². The van der Waals surface area contributed by atoms with Crippen LogP contribution in [0.25, 0.3) is 0 Å². The van der Waals surface area contributed by atoms with E-state index >= 15 is 0 Å². The van der Waals surface area contributed by atoms with Gasteiger partial charge in [-0.3, -0.25) is 9.59 Å². The van der Waals surface area contributed by atoms with Gasteiger partial charge >= 0.3 is 11.9 Å². The third kappa shape index (κ3) is 24.5. The minimum Gasteiger partial charge on any atom is -0.462 e. The summed E-state index contributed by atoms with van der Waals surface area (Å²) in [5.41, 5.74) is 0. The molecule has 0 aromatic heterocycles. The van der Waals surface area contributed by atoms with E-state index in [0.29, 0.717) is 12.8 Å². The number of aliphatic hydroxyl groups excluding tert-OH is 4. The van der Waals surface area contributed by atoms with Crippen LogP contribution >= 0.6 is 0 Å². The van der Waals surface area contributed by atoms with Crippen molar-refractivity contribution in [2.75, 3.05) is 19.8 Å². The molecule has 1 rings (SSSR count). The van der Waals surface area contributed by atoms with Crippen LogP contribution < -0.4 is 0 Å². The zero-order valence-corrected chi connectivity index (χ0v) is 31.6. The maximum atomic E-state index is 12.7. The number of carbonyl (C=O) groups excluding carboxylic acids is 2. The fraction of sp³-hybridized carbons (Fsp3) is 0.756. The van der Waals surface area contributed by atoms with Gasteiger partial charge in [-0.1, -0.05) is 101 Å². The molecule has 0 amide bonds. The molecule has 0 saturated carbocycles. The van der Waals surface area contributed by atoms with Gasteiger partial charge in [-0.15, -0.1) is 0 Å². The molecule has 0 aromatic carbocycles. The van der Waals surface area contributed by atoms with Crippen LogP contribution in [0.2, 0.25) is 0 Å². The van der Waals surface area contributed by atoms with Crippen molar-refractivity contribution in [2.45, 2.75) is 179 Å². The van der Waals surface area contributed by atoms with Crippen LogP contribution in [0.4, 0.5) is 0 Å². The molecule has 1 heterocycles. The zero-order valence-electron chi connectivity index (χ0n) is 31.6. The molecular weight excluding hydrogens is 652 g/mol. The molecular formula is C41H70O10. The SMILES string of the molecule is CCCCC/C=C/C/C=C/CCCCCC(=O)OCC(CO[C@@H]1O[C@H](CO)[C@H](O)[C@H](O)[C@H]1O)OC(=O)CCCCC/C=C/C/C=C/CCCCC. The molecule has 51 heavy (non-hydrogen) atoms. The summed E-state index contributed by atoms with van der Waals surface area (Å²) < 4.78 is 22.0. The Kier molecular flexibility index (Phi) is 29.6. The summed E-state index contributed by atoms with van der Waals surface area (Å²) in [5.74, 6) is -0.870. The van der Waals surface area contributed by atoms with Crippen LogP contribution in [-0.2, 0) is 28.5 Å². The van der Waals surface area contributed by atoms with E-state index < -0.39 is 55.4 Å². The van der Waals surface area contributed by atoms with Crippen LogP contribution in [-0.4, -0.2) is 89.0 Å². The highest BCUT2D eigenvalue weighted by Gasteiger charge is 2.44. The van der Waals surface area contributed by atoms with Crippen molar-refractivity contribution in [2.24, 2.45) is 0 Å². The first kappa shape index (κ1) is 46.7. The predicted octanol–water partition coefficient (Wildman–Crippen LogP) is 7.32. The van der Waals surface area contributed by atoms with Gasteiger partial charge in [-0.05, 0) is 77.0 Å². The molecule has 0 aliphatic carbocycles. The van der Waals surface area contributed by atoms with E-state index in [4.69, 9.17) is 18.9 Å². The Morgan fingerprint density at radius 1 is 0.608 bits per heavy atom. The van der Waals surface area contributed by atoms with Gasteiger partial charge in [0.05, 0.1) is 13.2 Å². The minimum absolute atomic E-state index is 0.193. The van der Waals surface area contributed by atoms with Gasteiger partial charge < -0.3 is 39.4 Å². The van der Waals surface area contributed by atoms with Gasteiger partial charge in [0, 0.05) is 12.8 Å². The second kappa shape index (κ2) is 32.3. The highest BCUT2D eigenvalue weighted by atomic mass is 16.7. The van der Waals surface area contributed by atoms with Crippen molar-refractivity contribution < 1.29 is 49.0 Å². The number of carbonyl (C=O) groups is 2. The van der Waals surface area contributed by atoms with Crippen molar-refractivity contribution in [3.8, 4) is 0 Å². The normalized spacial score (nSPS) is 21.7. The molecule has 1 fully saturated rings. The molecule has 1 aliphatic heterocycles. The first-order chi connectivity index (χ1) is 24.8. The van der Waals surface area contributed by atoms with Crippen LogP contribution in [0.3, 0.4) is 0 Å². The Balaban J connectivity index is 2.44. The van der Waals surface area contributed by atoms with Crippen molar-refractivity contribution in [3.05, 3.63) is 48.6 Å². The van der Waals surface area contributed by atoms with Gasteiger partial charge in [0.2, 0.25) is 0 Å². The highest BCUT2D eigenvalue weighted by Crippen LogP contribution is 2.22. The zero-order chi connectivity index (χ0) is 37.4. The minimum atomic E-state index is -1.60. The van der Waals surface area contributed by atoms with E-state index in [1.807, 2.05) is 0 Å². The van der Waals surface area contributed by atoms with E-state index in [1.165, 1.54) is 38.5 Å². The molecule has 1 saturated heterocycles. The third-order valence-corrected chi connectivity index (χ3v) is 8.69. The van der Waals surface area contributed by atoms with E-state index in [2.05, 4.69) is 62.5 Å². The monoisotopic (exact) mass is 722 g/mol. The maximum absolute atomic E-state index is 12.7.